The number of aryl methyl sites for hydroxylation is 1. The molecule has 0 atom stereocenters. The summed E-state index contributed by atoms with van der Waals surface area (Å²) in [4.78, 5) is 20.9. The Labute approximate surface area is 144 Å². The van der Waals surface area contributed by atoms with Crippen LogP contribution < -0.4 is 10.6 Å². The molecule has 0 aliphatic rings. The van der Waals surface area contributed by atoms with Crippen molar-refractivity contribution in [3.63, 3.8) is 0 Å². The quantitative estimate of drug-likeness (QED) is 0.519. The lowest BCUT2D eigenvalue weighted by molar-refractivity contribution is 0.986. The second kappa shape index (κ2) is 6.56. The molecule has 0 saturated heterocycles. The van der Waals surface area contributed by atoms with Gasteiger partial charge in [-0.3, -0.25) is 0 Å². The van der Waals surface area contributed by atoms with Gasteiger partial charge in [-0.15, -0.1) is 0 Å². The number of hydrogen-bond acceptors (Lipinski definition) is 6. The topological polar surface area (TPSA) is 91.4 Å². The first-order valence-electron chi connectivity index (χ1n) is 7.97. The van der Waals surface area contributed by atoms with Crippen LogP contribution in [0.5, 0.6) is 0 Å². The largest absolute Gasteiger partial charge is 0.363 e. The van der Waals surface area contributed by atoms with Crippen LogP contribution in [0.1, 0.15) is 11.5 Å². The van der Waals surface area contributed by atoms with Gasteiger partial charge in [0.25, 0.3) is 0 Å². The van der Waals surface area contributed by atoms with E-state index in [1.54, 1.807) is 6.20 Å². The van der Waals surface area contributed by atoms with Crippen LogP contribution in [0.4, 0.5) is 17.6 Å². The van der Waals surface area contributed by atoms with Crippen LogP contribution in [0.25, 0.3) is 11.0 Å². The summed E-state index contributed by atoms with van der Waals surface area (Å²) < 4.78 is 0. The predicted molar refractivity (Wildman–Crippen MR) is 97.7 cm³/mol. The van der Waals surface area contributed by atoms with E-state index in [0.717, 1.165) is 28.4 Å². The highest BCUT2D eigenvalue weighted by molar-refractivity contribution is 5.74. The van der Waals surface area contributed by atoms with Crippen molar-refractivity contribution in [2.45, 2.75) is 13.5 Å². The van der Waals surface area contributed by atoms with Crippen LogP contribution >= 0.6 is 0 Å². The van der Waals surface area contributed by atoms with Gasteiger partial charge in [0.15, 0.2) is 0 Å². The van der Waals surface area contributed by atoms with E-state index >= 15 is 0 Å². The smallest absolute Gasteiger partial charge is 0.230 e. The standard InChI is InChI=1S/C18H17N7/c1-12-10-16(25-18(21-12)24-15-8-4-5-9-19-15)20-11-17-22-13-6-2-3-7-14(13)23-17/h2-10H,11H2,1H3,(H,22,23)(H2,19,20,21,24,25). The molecule has 3 heterocycles. The summed E-state index contributed by atoms with van der Waals surface area (Å²) in [5.74, 6) is 2.80. The first kappa shape index (κ1) is 15.1. The maximum atomic E-state index is 4.55. The summed E-state index contributed by atoms with van der Waals surface area (Å²) in [7, 11) is 0. The van der Waals surface area contributed by atoms with E-state index < -0.39 is 0 Å². The average molecular weight is 331 g/mol. The van der Waals surface area contributed by atoms with E-state index in [9.17, 15) is 0 Å². The van der Waals surface area contributed by atoms with Gasteiger partial charge in [0.2, 0.25) is 5.95 Å². The first-order valence-corrected chi connectivity index (χ1v) is 7.97. The molecule has 7 nitrogen and oxygen atoms in total. The summed E-state index contributed by atoms with van der Waals surface area (Å²) >= 11 is 0. The normalized spacial score (nSPS) is 10.8. The van der Waals surface area contributed by atoms with Crippen molar-refractivity contribution in [3.8, 4) is 0 Å². The fraction of sp³-hybridized carbons (Fsp3) is 0.111. The molecule has 0 bridgehead atoms. The highest BCUT2D eigenvalue weighted by Crippen LogP contribution is 2.15. The number of rotatable bonds is 5. The van der Waals surface area contributed by atoms with Gasteiger partial charge in [-0.1, -0.05) is 18.2 Å². The van der Waals surface area contributed by atoms with Crippen LogP contribution in [-0.4, -0.2) is 24.9 Å². The van der Waals surface area contributed by atoms with Crippen molar-refractivity contribution >= 4 is 28.6 Å². The number of aromatic amines is 1. The number of hydrogen-bond donors (Lipinski definition) is 3. The average Bonchev–Trinajstić information content (AvgIpc) is 3.03. The number of imidazole rings is 1. The van der Waals surface area contributed by atoms with Crippen LogP contribution in [0.3, 0.4) is 0 Å². The molecule has 7 heteroatoms. The molecule has 0 saturated carbocycles. The Morgan fingerprint density at radius 3 is 2.68 bits per heavy atom. The number of para-hydroxylation sites is 2. The van der Waals surface area contributed by atoms with Gasteiger partial charge in [0.05, 0.1) is 17.6 Å². The molecule has 4 rings (SSSR count). The SMILES string of the molecule is Cc1cc(NCc2nc3ccccc3[nH]2)nc(Nc2ccccn2)n1. The minimum absolute atomic E-state index is 0.505. The molecule has 0 unspecified atom stereocenters. The highest BCUT2D eigenvalue weighted by atomic mass is 15.2. The van der Waals surface area contributed by atoms with Gasteiger partial charge in [-0.2, -0.15) is 4.98 Å². The van der Waals surface area contributed by atoms with Crippen LogP contribution in [0.15, 0.2) is 54.7 Å². The number of nitrogens with zero attached hydrogens (tertiary/aromatic N) is 4. The van der Waals surface area contributed by atoms with Gasteiger partial charge in [0.1, 0.15) is 17.5 Å². The molecule has 25 heavy (non-hydrogen) atoms. The molecule has 1 aromatic carbocycles. The fourth-order valence-electron chi connectivity index (χ4n) is 2.53. The third-order valence-electron chi connectivity index (χ3n) is 3.63. The second-order valence-corrected chi connectivity index (χ2v) is 5.61. The molecule has 3 N–H and O–H groups in total. The monoisotopic (exact) mass is 331 g/mol. The van der Waals surface area contributed by atoms with Crippen LogP contribution in [0.2, 0.25) is 0 Å². The molecule has 4 aromatic rings. The minimum atomic E-state index is 0.505. The van der Waals surface area contributed by atoms with E-state index in [1.807, 2.05) is 55.5 Å². The molecular weight excluding hydrogens is 314 g/mol. The van der Waals surface area contributed by atoms with E-state index in [1.165, 1.54) is 0 Å². The molecular formula is C18H17N7. The van der Waals surface area contributed by atoms with Crippen LogP contribution in [-0.2, 0) is 6.54 Å². The van der Waals surface area contributed by atoms with E-state index in [-0.39, 0.29) is 0 Å². The zero-order valence-electron chi connectivity index (χ0n) is 13.7. The Morgan fingerprint density at radius 2 is 1.84 bits per heavy atom. The Kier molecular flexibility index (Phi) is 3.96. The Hall–Kier alpha value is -3.48. The zero-order valence-corrected chi connectivity index (χ0v) is 13.7. The molecule has 124 valence electrons. The predicted octanol–water partition coefficient (Wildman–Crippen LogP) is 3.41. The maximum absolute atomic E-state index is 4.55. The molecule has 0 amide bonds. The van der Waals surface area contributed by atoms with E-state index in [2.05, 4.69) is 35.6 Å². The molecule has 0 aliphatic heterocycles. The minimum Gasteiger partial charge on any atom is -0.363 e. The number of anilines is 3. The van der Waals surface area contributed by atoms with E-state index in [0.29, 0.717) is 18.3 Å². The van der Waals surface area contributed by atoms with Crippen LogP contribution in [0, 0.1) is 6.92 Å². The summed E-state index contributed by atoms with van der Waals surface area (Å²) in [5, 5.41) is 6.39. The van der Waals surface area contributed by atoms with Gasteiger partial charge < -0.3 is 15.6 Å². The summed E-state index contributed by atoms with van der Waals surface area (Å²) in [6.45, 7) is 2.48. The lowest BCUT2D eigenvalue weighted by Gasteiger charge is -2.08. The fourth-order valence-corrected chi connectivity index (χ4v) is 2.53. The molecule has 0 fully saturated rings. The van der Waals surface area contributed by atoms with Gasteiger partial charge in [-0.25, -0.2) is 15.0 Å². The number of nitrogens with one attached hydrogen (secondary N) is 3. The Morgan fingerprint density at radius 1 is 0.960 bits per heavy atom. The third-order valence-corrected chi connectivity index (χ3v) is 3.63. The van der Waals surface area contributed by atoms with Crippen molar-refractivity contribution in [1.29, 1.82) is 0 Å². The summed E-state index contributed by atoms with van der Waals surface area (Å²) in [6.07, 6.45) is 1.72. The number of aromatic nitrogens is 5. The van der Waals surface area contributed by atoms with Gasteiger partial charge in [-0.05, 0) is 31.2 Å². The van der Waals surface area contributed by atoms with Crippen molar-refractivity contribution in [1.82, 2.24) is 24.9 Å². The first-order chi connectivity index (χ1) is 12.3. The lowest BCUT2D eigenvalue weighted by atomic mass is 10.3. The lowest BCUT2D eigenvalue weighted by Crippen LogP contribution is -2.06. The number of fused-ring (bicyclic) bond motifs is 1. The third kappa shape index (κ3) is 3.55. The van der Waals surface area contributed by atoms with Crippen molar-refractivity contribution in [2.24, 2.45) is 0 Å². The van der Waals surface area contributed by atoms with Gasteiger partial charge >= 0.3 is 0 Å². The number of pyridine rings is 1. The van der Waals surface area contributed by atoms with Crippen molar-refractivity contribution in [2.75, 3.05) is 10.6 Å². The molecule has 0 aliphatic carbocycles. The number of H-pyrrole nitrogens is 1. The Bertz CT molecular complexity index is 962. The summed E-state index contributed by atoms with van der Waals surface area (Å²) in [6, 6.07) is 15.5. The molecule has 0 spiro atoms. The van der Waals surface area contributed by atoms with E-state index in [4.69, 9.17) is 0 Å². The maximum Gasteiger partial charge on any atom is 0.230 e. The molecule has 3 aromatic heterocycles. The van der Waals surface area contributed by atoms with Gasteiger partial charge in [0, 0.05) is 18.0 Å². The number of benzene rings is 1. The second-order valence-electron chi connectivity index (χ2n) is 5.61. The van der Waals surface area contributed by atoms with Crippen molar-refractivity contribution < 1.29 is 0 Å². The highest BCUT2D eigenvalue weighted by Gasteiger charge is 2.05. The zero-order chi connectivity index (χ0) is 17.1. The van der Waals surface area contributed by atoms with Crippen molar-refractivity contribution in [3.05, 3.63) is 66.2 Å². The summed E-state index contributed by atoms with van der Waals surface area (Å²) in [5.41, 5.74) is 2.84. The molecule has 0 radical (unpaired) electrons. The Balaban J connectivity index is 1.50.